The number of anilines is 1. The number of carbonyl (C=O) groups excluding carboxylic acids is 2. The molecule has 128 valence electrons. The first-order valence-corrected chi connectivity index (χ1v) is 8.20. The van der Waals surface area contributed by atoms with Crippen LogP contribution in [-0.4, -0.2) is 42.2 Å². The molecule has 2 saturated heterocycles. The highest BCUT2D eigenvalue weighted by molar-refractivity contribution is 9.11. The summed E-state index contributed by atoms with van der Waals surface area (Å²) in [6, 6.07) is 0.500. The van der Waals surface area contributed by atoms with Crippen molar-refractivity contribution in [2.75, 3.05) is 18.1 Å². The lowest BCUT2D eigenvalue weighted by molar-refractivity contribution is -0.119. The monoisotopic (exact) mass is 420 g/mol. The Balaban J connectivity index is 1.94. The minimum absolute atomic E-state index is 0.00609. The molecule has 24 heavy (non-hydrogen) atoms. The number of hydrogen-bond donors (Lipinski definition) is 0. The number of amides is 3. The van der Waals surface area contributed by atoms with Crippen LogP contribution in [0.2, 0.25) is 5.02 Å². The number of hydrogen-bond acceptors (Lipinski definition) is 3. The van der Waals surface area contributed by atoms with E-state index in [1.54, 1.807) is 0 Å². The number of rotatable bonds is 4. The summed E-state index contributed by atoms with van der Waals surface area (Å²) in [6.07, 6.45) is -1.33. The van der Waals surface area contributed by atoms with Crippen molar-refractivity contribution >= 4 is 45.2 Å². The van der Waals surface area contributed by atoms with Gasteiger partial charge in [0.25, 0.3) is 5.91 Å². The van der Waals surface area contributed by atoms with E-state index < -0.39 is 30.0 Å². The molecule has 2 aliphatic rings. The summed E-state index contributed by atoms with van der Waals surface area (Å²) in [5.41, 5.74) is -0.269. The zero-order valence-electron chi connectivity index (χ0n) is 12.3. The van der Waals surface area contributed by atoms with Gasteiger partial charge in [0.15, 0.2) is 0 Å². The van der Waals surface area contributed by atoms with Gasteiger partial charge in [-0.25, -0.2) is 18.5 Å². The molecule has 0 saturated carbocycles. The van der Waals surface area contributed by atoms with Gasteiger partial charge in [0, 0.05) is 17.0 Å². The first kappa shape index (κ1) is 17.2. The van der Waals surface area contributed by atoms with Crippen molar-refractivity contribution < 1.29 is 23.1 Å². The number of fused-ring (bicyclic) bond motifs is 1. The van der Waals surface area contributed by atoms with Gasteiger partial charge in [0.05, 0.1) is 17.3 Å². The molecule has 9 heteroatoms. The van der Waals surface area contributed by atoms with Crippen LogP contribution in [0.3, 0.4) is 0 Å². The molecule has 0 bridgehead atoms. The fourth-order valence-electron chi connectivity index (χ4n) is 2.78. The Morgan fingerprint density at radius 1 is 1.46 bits per heavy atom. The Kier molecular flexibility index (Phi) is 4.52. The molecular weight excluding hydrogens is 410 g/mol. The highest BCUT2D eigenvalue weighted by atomic mass is 79.9. The average Bonchev–Trinajstić information content (AvgIpc) is 2.98. The van der Waals surface area contributed by atoms with Crippen molar-refractivity contribution in [1.29, 1.82) is 0 Å². The van der Waals surface area contributed by atoms with Crippen molar-refractivity contribution in [3.8, 4) is 5.75 Å². The number of alkyl halides is 1. The molecule has 0 radical (unpaired) electrons. The number of imide groups is 1. The lowest BCUT2D eigenvalue weighted by Crippen LogP contribution is -2.35. The quantitative estimate of drug-likeness (QED) is 0.698. The van der Waals surface area contributed by atoms with Crippen LogP contribution in [0.5, 0.6) is 5.75 Å². The van der Waals surface area contributed by atoms with E-state index >= 15 is 0 Å². The summed E-state index contributed by atoms with van der Waals surface area (Å²) in [7, 11) is 0. The third kappa shape index (κ3) is 2.88. The highest BCUT2D eigenvalue weighted by Gasteiger charge is 2.52. The van der Waals surface area contributed by atoms with Crippen LogP contribution in [0.15, 0.2) is 23.2 Å². The van der Waals surface area contributed by atoms with E-state index in [2.05, 4.69) is 22.5 Å². The predicted octanol–water partition coefficient (Wildman–Crippen LogP) is 3.65. The van der Waals surface area contributed by atoms with Crippen molar-refractivity contribution in [3.05, 3.63) is 34.0 Å². The SMILES string of the molecule is C=C(Br)COc1cc(N2C(=O)[C@H]3C[C@H](F)CN3C2=O)c(F)cc1Cl. The average molecular weight is 422 g/mol. The van der Waals surface area contributed by atoms with Crippen LogP contribution in [0, 0.1) is 5.82 Å². The summed E-state index contributed by atoms with van der Waals surface area (Å²) < 4.78 is 33.6. The molecule has 0 unspecified atom stereocenters. The highest BCUT2D eigenvalue weighted by Crippen LogP contribution is 2.38. The van der Waals surface area contributed by atoms with Crippen LogP contribution >= 0.6 is 27.5 Å². The van der Waals surface area contributed by atoms with E-state index in [0.29, 0.717) is 9.38 Å². The number of carbonyl (C=O) groups is 2. The lowest BCUT2D eigenvalue weighted by atomic mass is 10.2. The van der Waals surface area contributed by atoms with Gasteiger partial charge in [0.1, 0.15) is 30.4 Å². The number of benzene rings is 1. The Labute approximate surface area is 149 Å². The molecule has 0 spiro atoms. The molecule has 0 aromatic heterocycles. The second kappa shape index (κ2) is 6.33. The van der Waals surface area contributed by atoms with Crippen LogP contribution < -0.4 is 9.64 Å². The Morgan fingerprint density at radius 2 is 2.17 bits per heavy atom. The van der Waals surface area contributed by atoms with Gasteiger partial charge in [-0.05, 0) is 6.07 Å². The van der Waals surface area contributed by atoms with E-state index in [1.807, 2.05) is 0 Å². The second-order valence-corrected chi connectivity index (χ2v) is 7.03. The second-order valence-electron chi connectivity index (χ2n) is 5.50. The minimum Gasteiger partial charge on any atom is -0.487 e. The molecule has 2 fully saturated rings. The summed E-state index contributed by atoms with van der Waals surface area (Å²) in [5.74, 6) is -1.40. The topological polar surface area (TPSA) is 49.9 Å². The molecule has 2 atom stereocenters. The van der Waals surface area contributed by atoms with E-state index in [-0.39, 0.29) is 36.0 Å². The first-order chi connectivity index (χ1) is 11.3. The van der Waals surface area contributed by atoms with E-state index in [4.69, 9.17) is 16.3 Å². The maximum absolute atomic E-state index is 14.3. The minimum atomic E-state index is -1.25. The van der Waals surface area contributed by atoms with Crippen LogP contribution in [0.25, 0.3) is 0 Å². The molecule has 3 amide bonds. The van der Waals surface area contributed by atoms with Crippen LogP contribution in [0.4, 0.5) is 19.3 Å². The van der Waals surface area contributed by atoms with Crippen LogP contribution in [-0.2, 0) is 4.79 Å². The third-order valence-corrected chi connectivity index (χ3v) is 4.34. The van der Waals surface area contributed by atoms with Gasteiger partial charge >= 0.3 is 6.03 Å². The molecule has 5 nitrogen and oxygen atoms in total. The molecule has 0 N–H and O–H groups in total. The van der Waals surface area contributed by atoms with Crippen molar-refractivity contribution in [2.45, 2.75) is 18.6 Å². The Hall–Kier alpha value is -1.67. The molecule has 2 heterocycles. The molecule has 0 aliphatic carbocycles. The van der Waals surface area contributed by atoms with E-state index in [9.17, 15) is 18.4 Å². The van der Waals surface area contributed by atoms with Crippen molar-refractivity contribution in [3.63, 3.8) is 0 Å². The number of halogens is 4. The summed E-state index contributed by atoms with van der Waals surface area (Å²) in [5, 5.41) is -0.00609. The number of ether oxygens (including phenoxy) is 1. The zero-order chi connectivity index (χ0) is 17.6. The largest absolute Gasteiger partial charge is 0.487 e. The van der Waals surface area contributed by atoms with Gasteiger partial charge < -0.3 is 9.64 Å². The Bertz CT molecular complexity index is 722. The number of nitrogens with zero attached hydrogens (tertiary/aromatic N) is 2. The van der Waals surface area contributed by atoms with E-state index in [1.165, 1.54) is 6.07 Å². The Morgan fingerprint density at radius 3 is 2.79 bits per heavy atom. The number of urea groups is 1. The standard InChI is InChI=1S/C15H12BrClF2N2O3/c1-7(16)6-24-13-4-11(10(19)3-9(13)17)21-14(22)12-2-8(18)5-20(12)15(21)23/h3-4,8,12H,1-2,5-6H2/t8-,12+/m0/s1. The van der Waals surface area contributed by atoms with Gasteiger partial charge in [-0.3, -0.25) is 4.79 Å². The lowest BCUT2D eigenvalue weighted by Gasteiger charge is -2.18. The predicted molar refractivity (Wildman–Crippen MR) is 87.9 cm³/mol. The van der Waals surface area contributed by atoms with Gasteiger partial charge in [-0.1, -0.05) is 34.1 Å². The fraction of sp³-hybridized carbons (Fsp3) is 0.333. The maximum Gasteiger partial charge on any atom is 0.332 e. The summed E-state index contributed by atoms with van der Waals surface area (Å²) in [6.45, 7) is 3.50. The van der Waals surface area contributed by atoms with Crippen molar-refractivity contribution in [2.24, 2.45) is 0 Å². The molecular formula is C15H12BrClF2N2O3. The molecule has 1 aromatic carbocycles. The normalized spacial score (nSPS) is 23.0. The summed E-state index contributed by atoms with van der Waals surface area (Å²) in [4.78, 5) is 26.6. The maximum atomic E-state index is 14.3. The van der Waals surface area contributed by atoms with Gasteiger partial charge in [-0.2, -0.15) is 0 Å². The fourth-order valence-corrected chi connectivity index (χ4v) is 3.10. The summed E-state index contributed by atoms with van der Waals surface area (Å²) >= 11 is 9.04. The first-order valence-electron chi connectivity index (χ1n) is 7.03. The van der Waals surface area contributed by atoms with Gasteiger partial charge in [0.2, 0.25) is 0 Å². The molecule has 1 aromatic rings. The van der Waals surface area contributed by atoms with Gasteiger partial charge in [-0.15, -0.1) is 0 Å². The third-order valence-electron chi connectivity index (χ3n) is 3.82. The zero-order valence-corrected chi connectivity index (χ0v) is 14.6. The van der Waals surface area contributed by atoms with Crippen LogP contribution in [0.1, 0.15) is 6.42 Å². The smallest absolute Gasteiger partial charge is 0.332 e. The molecule has 2 aliphatic heterocycles. The van der Waals surface area contributed by atoms with Crippen molar-refractivity contribution in [1.82, 2.24) is 4.90 Å². The van der Waals surface area contributed by atoms with E-state index in [0.717, 1.165) is 11.0 Å². The molecule has 3 rings (SSSR count).